The summed E-state index contributed by atoms with van der Waals surface area (Å²) in [7, 11) is -3.78. The highest BCUT2D eigenvalue weighted by Gasteiger charge is 2.37. The number of hydrogen-bond acceptors (Lipinski definition) is 5. The van der Waals surface area contributed by atoms with Crippen LogP contribution in [0.1, 0.15) is 60.2 Å². The van der Waals surface area contributed by atoms with Gasteiger partial charge in [0.25, 0.3) is 0 Å². The topological polar surface area (TPSA) is 66.9 Å². The molecule has 0 spiro atoms. The van der Waals surface area contributed by atoms with Crippen LogP contribution in [0.2, 0.25) is 0 Å². The summed E-state index contributed by atoms with van der Waals surface area (Å²) in [6.07, 6.45) is 2.77. The quantitative estimate of drug-likeness (QED) is 0.320. The molecular weight excluding hydrogens is 516 g/mol. The third-order valence-corrected chi connectivity index (χ3v) is 10.3. The first kappa shape index (κ1) is 26.9. The molecule has 6 nitrogen and oxygen atoms in total. The van der Waals surface area contributed by atoms with E-state index < -0.39 is 10.0 Å². The fraction of sp³-hybridized carbons (Fsp3) is 0.433. The van der Waals surface area contributed by atoms with Gasteiger partial charge in [0.05, 0.1) is 17.5 Å². The van der Waals surface area contributed by atoms with Crippen LogP contribution in [0, 0.1) is 12.8 Å². The lowest BCUT2D eigenvalue weighted by atomic mass is 10.0. The standard InChI is InChI=1S/C30H36N2O4S2/c1-21(2)24-8-10-25(11-9-24)36-20-28-27-15-17-37-29(27)14-16-32(28)30(33)19-31(18-23-6-7-23)38(34,35)26-12-4-22(3)5-13-26/h4-5,8-13,15,17,21,23,28H,6-7,14,16,18-20H2,1-3H3. The normalized spacial score (nSPS) is 17.6. The Labute approximate surface area is 230 Å². The molecule has 2 aliphatic rings. The van der Waals surface area contributed by atoms with E-state index >= 15 is 0 Å². The maximum atomic E-state index is 13.8. The summed E-state index contributed by atoms with van der Waals surface area (Å²) in [5.74, 6) is 1.35. The van der Waals surface area contributed by atoms with Gasteiger partial charge in [-0.1, -0.05) is 43.7 Å². The van der Waals surface area contributed by atoms with Gasteiger partial charge in [0.2, 0.25) is 15.9 Å². The summed E-state index contributed by atoms with van der Waals surface area (Å²) in [6, 6.07) is 16.8. The van der Waals surface area contributed by atoms with Crippen molar-refractivity contribution in [2.45, 2.75) is 56.9 Å². The van der Waals surface area contributed by atoms with Crippen LogP contribution in [0.3, 0.4) is 0 Å². The second-order valence-electron chi connectivity index (χ2n) is 10.7. The molecule has 1 saturated carbocycles. The molecule has 1 aliphatic carbocycles. The van der Waals surface area contributed by atoms with Gasteiger partial charge in [-0.05, 0) is 84.9 Å². The predicted molar refractivity (Wildman–Crippen MR) is 151 cm³/mol. The molecule has 0 radical (unpaired) electrons. The Kier molecular flexibility index (Phi) is 7.93. The number of hydrogen-bond donors (Lipinski definition) is 0. The average Bonchev–Trinajstić information content (AvgIpc) is 3.59. The Morgan fingerprint density at radius 1 is 1.08 bits per heavy atom. The van der Waals surface area contributed by atoms with E-state index in [1.807, 2.05) is 24.0 Å². The average molecular weight is 553 g/mol. The van der Waals surface area contributed by atoms with Crippen molar-refractivity contribution in [3.63, 3.8) is 0 Å². The molecule has 1 unspecified atom stereocenters. The fourth-order valence-electron chi connectivity index (χ4n) is 4.94. The number of aryl methyl sites for hydroxylation is 1. The molecule has 5 rings (SSSR count). The van der Waals surface area contributed by atoms with Gasteiger partial charge < -0.3 is 9.64 Å². The van der Waals surface area contributed by atoms with Crippen LogP contribution in [-0.4, -0.2) is 49.8 Å². The van der Waals surface area contributed by atoms with Crippen molar-refractivity contribution >= 4 is 27.3 Å². The molecule has 3 aromatic rings. The third-order valence-electron chi connectivity index (χ3n) is 7.50. The van der Waals surface area contributed by atoms with E-state index in [4.69, 9.17) is 4.74 Å². The predicted octanol–water partition coefficient (Wildman–Crippen LogP) is 5.79. The van der Waals surface area contributed by atoms with Crippen molar-refractivity contribution in [1.82, 2.24) is 9.21 Å². The maximum Gasteiger partial charge on any atom is 0.243 e. The zero-order chi connectivity index (χ0) is 26.9. The van der Waals surface area contributed by atoms with Gasteiger partial charge in [-0.25, -0.2) is 8.42 Å². The SMILES string of the molecule is Cc1ccc(S(=O)(=O)N(CC(=O)N2CCc3sccc3C2COc2ccc(C(C)C)cc2)CC2CC2)cc1. The zero-order valence-corrected chi connectivity index (χ0v) is 23.9. The summed E-state index contributed by atoms with van der Waals surface area (Å²) >= 11 is 1.70. The van der Waals surface area contributed by atoms with Gasteiger partial charge in [0.15, 0.2) is 0 Å². The van der Waals surface area contributed by atoms with Crippen LogP contribution in [0.15, 0.2) is 64.9 Å². The lowest BCUT2D eigenvalue weighted by Gasteiger charge is -2.37. The molecule has 1 amide bonds. The Bertz CT molecular complexity index is 1360. The first-order valence-electron chi connectivity index (χ1n) is 13.4. The molecule has 1 fully saturated rings. The number of nitrogens with zero attached hydrogens (tertiary/aromatic N) is 2. The van der Waals surface area contributed by atoms with Crippen LogP contribution >= 0.6 is 11.3 Å². The Morgan fingerprint density at radius 2 is 1.79 bits per heavy atom. The molecule has 38 heavy (non-hydrogen) atoms. The van der Waals surface area contributed by atoms with E-state index in [1.54, 1.807) is 35.6 Å². The van der Waals surface area contributed by atoms with E-state index in [1.165, 1.54) is 14.7 Å². The minimum atomic E-state index is -3.78. The highest BCUT2D eigenvalue weighted by atomic mass is 32.2. The number of thiophene rings is 1. The van der Waals surface area contributed by atoms with Crippen molar-refractivity contribution in [2.75, 3.05) is 26.2 Å². The van der Waals surface area contributed by atoms with Crippen molar-refractivity contribution in [1.29, 1.82) is 0 Å². The Balaban J connectivity index is 1.35. The monoisotopic (exact) mass is 552 g/mol. The highest BCUT2D eigenvalue weighted by Crippen LogP contribution is 2.35. The smallest absolute Gasteiger partial charge is 0.243 e. The minimum absolute atomic E-state index is 0.161. The first-order chi connectivity index (χ1) is 18.2. The molecule has 2 heterocycles. The zero-order valence-electron chi connectivity index (χ0n) is 22.3. The summed E-state index contributed by atoms with van der Waals surface area (Å²) in [5, 5.41) is 2.06. The van der Waals surface area contributed by atoms with Gasteiger partial charge in [0.1, 0.15) is 12.4 Å². The third kappa shape index (κ3) is 5.98. The Hall–Kier alpha value is -2.68. The minimum Gasteiger partial charge on any atom is -0.491 e. The fourth-order valence-corrected chi connectivity index (χ4v) is 7.33. The molecule has 0 bridgehead atoms. The number of fused-ring (bicyclic) bond motifs is 1. The number of carbonyl (C=O) groups excluding carboxylic acids is 1. The van der Waals surface area contributed by atoms with Gasteiger partial charge >= 0.3 is 0 Å². The van der Waals surface area contributed by atoms with Crippen molar-refractivity contribution in [2.24, 2.45) is 5.92 Å². The lowest BCUT2D eigenvalue weighted by Crippen LogP contribution is -2.48. The van der Waals surface area contributed by atoms with Gasteiger partial charge in [-0.15, -0.1) is 11.3 Å². The largest absolute Gasteiger partial charge is 0.491 e. The second-order valence-corrected chi connectivity index (χ2v) is 13.7. The van der Waals surface area contributed by atoms with Crippen molar-refractivity contribution in [3.05, 3.63) is 81.5 Å². The highest BCUT2D eigenvalue weighted by molar-refractivity contribution is 7.89. The Morgan fingerprint density at radius 3 is 2.45 bits per heavy atom. The van der Waals surface area contributed by atoms with Crippen LogP contribution in [0.25, 0.3) is 0 Å². The molecule has 1 aliphatic heterocycles. The number of amides is 1. The summed E-state index contributed by atoms with van der Waals surface area (Å²) in [4.78, 5) is 17.1. The summed E-state index contributed by atoms with van der Waals surface area (Å²) in [6.45, 7) is 7.33. The van der Waals surface area contributed by atoms with Crippen LogP contribution in [-0.2, 0) is 21.2 Å². The molecule has 0 saturated heterocycles. The van der Waals surface area contributed by atoms with Gasteiger partial charge in [0, 0.05) is 18.0 Å². The lowest BCUT2D eigenvalue weighted by molar-refractivity contribution is -0.135. The number of carbonyl (C=O) groups is 1. The van der Waals surface area contributed by atoms with Gasteiger partial charge in [-0.2, -0.15) is 4.31 Å². The second kappa shape index (κ2) is 11.2. The molecule has 1 atom stereocenters. The number of sulfonamides is 1. The van der Waals surface area contributed by atoms with E-state index in [-0.39, 0.29) is 23.4 Å². The van der Waals surface area contributed by atoms with Crippen LogP contribution in [0.5, 0.6) is 5.75 Å². The molecule has 8 heteroatoms. The number of benzene rings is 2. The molecular formula is C30H36N2O4S2. The van der Waals surface area contributed by atoms with Gasteiger partial charge in [-0.3, -0.25) is 4.79 Å². The van der Waals surface area contributed by atoms with E-state index in [0.29, 0.717) is 31.5 Å². The summed E-state index contributed by atoms with van der Waals surface area (Å²) in [5.41, 5.74) is 3.34. The maximum absolute atomic E-state index is 13.8. The van der Waals surface area contributed by atoms with Crippen LogP contribution in [0.4, 0.5) is 0 Å². The first-order valence-corrected chi connectivity index (χ1v) is 15.7. The number of ether oxygens (including phenoxy) is 1. The van der Waals surface area contributed by atoms with E-state index in [2.05, 4.69) is 37.4 Å². The molecule has 1 aromatic heterocycles. The molecule has 0 N–H and O–H groups in total. The van der Waals surface area contributed by atoms with E-state index in [9.17, 15) is 13.2 Å². The van der Waals surface area contributed by atoms with E-state index in [0.717, 1.165) is 36.1 Å². The molecule has 202 valence electrons. The summed E-state index contributed by atoms with van der Waals surface area (Å²) < 4.78 is 34.7. The molecule has 2 aromatic carbocycles. The van der Waals surface area contributed by atoms with Crippen LogP contribution < -0.4 is 4.74 Å². The van der Waals surface area contributed by atoms with Crippen molar-refractivity contribution in [3.8, 4) is 5.75 Å². The van der Waals surface area contributed by atoms with Crippen molar-refractivity contribution < 1.29 is 17.9 Å². The number of rotatable bonds is 10.